The summed E-state index contributed by atoms with van der Waals surface area (Å²) in [6, 6.07) is 9.36. The molecule has 0 radical (unpaired) electrons. The van der Waals surface area contributed by atoms with E-state index in [4.69, 9.17) is 0 Å². The van der Waals surface area contributed by atoms with E-state index in [1.54, 1.807) is 23.5 Å². The van der Waals surface area contributed by atoms with Crippen molar-refractivity contribution in [2.24, 2.45) is 0 Å². The Kier molecular flexibility index (Phi) is 5.39. The van der Waals surface area contributed by atoms with Crippen molar-refractivity contribution in [2.75, 3.05) is 14.1 Å². The molecule has 1 aromatic carbocycles. The van der Waals surface area contributed by atoms with Gasteiger partial charge in [0.05, 0.1) is 4.90 Å². The van der Waals surface area contributed by atoms with E-state index in [-0.39, 0.29) is 6.04 Å². The first kappa shape index (κ1) is 17.1. The quantitative estimate of drug-likeness (QED) is 0.880. The van der Waals surface area contributed by atoms with Crippen LogP contribution in [0.2, 0.25) is 0 Å². The first-order valence-corrected chi connectivity index (χ1v) is 9.43. The van der Waals surface area contributed by atoms with Crippen LogP contribution < -0.4 is 5.32 Å². The van der Waals surface area contributed by atoms with Crippen LogP contribution in [0, 0.1) is 6.92 Å². The summed E-state index contributed by atoms with van der Waals surface area (Å²) in [5, 5.41) is 5.57. The molecule has 2 aromatic rings. The van der Waals surface area contributed by atoms with Gasteiger partial charge < -0.3 is 5.32 Å². The molecule has 1 N–H and O–H groups in total. The van der Waals surface area contributed by atoms with Crippen molar-refractivity contribution in [3.63, 3.8) is 0 Å². The molecule has 0 aliphatic rings. The maximum absolute atomic E-state index is 12.0. The van der Waals surface area contributed by atoms with E-state index >= 15 is 0 Å². The van der Waals surface area contributed by atoms with Gasteiger partial charge in [-0.1, -0.05) is 12.1 Å². The van der Waals surface area contributed by atoms with Gasteiger partial charge in [-0.2, -0.15) is 0 Å². The molecule has 120 valence electrons. The molecule has 0 fully saturated rings. The maximum Gasteiger partial charge on any atom is 0.242 e. The van der Waals surface area contributed by atoms with Crippen molar-refractivity contribution in [3.8, 4) is 0 Å². The number of nitrogens with zero attached hydrogens (tertiary/aromatic N) is 1. The van der Waals surface area contributed by atoms with Gasteiger partial charge in [-0.3, -0.25) is 0 Å². The second-order valence-corrected chi connectivity index (χ2v) is 8.64. The summed E-state index contributed by atoms with van der Waals surface area (Å²) in [7, 11) is -0.281. The van der Waals surface area contributed by atoms with Gasteiger partial charge in [0.2, 0.25) is 10.0 Å². The monoisotopic (exact) mass is 338 g/mol. The molecule has 1 aromatic heterocycles. The first-order valence-electron chi connectivity index (χ1n) is 7.11. The summed E-state index contributed by atoms with van der Waals surface area (Å²) < 4.78 is 25.3. The van der Waals surface area contributed by atoms with Gasteiger partial charge in [0.15, 0.2) is 0 Å². The minimum absolute atomic E-state index is 0.164. The molecule has 0 amide bonds. The van der Waals surface area contributed by atoms with Crippen molar-refractivity contribution in [1.29, 1.82) is 0 Å². The van der Waals surface area contributed by atoms with Crippen LogP contribution in [0.4, 0.5) is 0 Å². The van der Waals surface area contributed by atoms with E-state index in [1.807, 2.05) is 12.1 Å². The molecule has 22 heavy (non-hydrogen) atoms. The average molecular weight is 338 g/mol. The highest BCUT2D eigenvalue weighted by atomic mass is 32.2. The lowest BCUT2D eigenvalue weighted by molar-refractivity contribution is 0.520. The predicted octanol–water partition coefficient (Wildman–Crippen LogP) is 3.16. The lowest BCUT2D eigenvalue weighted by Crippen LogP contribution is -2.22. The molecule has 0 saturated carbocycles. The van der Waals surface area contributed by atoms with Crippen LogP contribution in [0.3, 0.4) is 0 Å². The Hall–Kier alpha value is -1.21. The van der Waals surface area contributed by atoms with Crippen LogP contribution in [-0.4, -0.2) is 26.8 Å². The van der Waals surface area contributed by atoms with Crippen molar-refractivity contribution in [3.05, 3.63) is 51.7 Å². The van der Waals surface area contributed by atoms with Gasteiger partial charge in [-0.15, -0.1) is 11.3 Å². The van der Waals surface area contributed by atoms with Gasteiger partial charge in [-0.25, -0.2) is 12.7 Å². The van der Waals surface area contributed by atoms with Crippen LogP contribution in [0.25, 0.3) is 0 Å². The molecule has 0 spiro atoms. The summed E-state index contributed by atoms with van der Waals surface area (Å²) in [4.78, 5) is 1.65. The predicted molar refractivity (Wildman–Crippen MR) is 91.6 cm³/mol. The average Bonchev–Trinajstić information content (AvgIpc) is 2.90. The van der Waals surface area contributed by atoms with E-state index in [9.17, 15) is 8.42 Å². The molecule has 1 unspecified atom stereocenters. The number of benzene rings is 1. The number of aryl methyl sites for hydroxylation is 1. The molecule has 0 saturated heterocycles. The molecule has 6 heteroatoms. The van der Waals surface area contributed by atoms with Crippen LogP contribution in [0.15, 0.2) is 40.6 Å². The normalized spacial score (nSPS) is 13.5. The van der Waals surface area contributed by atoms with Crippen molar-refractivity contribution >= 4 is 21.4 Å². The van der Waals surface area contributed by atoms with Crippen LogP contribution in [-0.2, 0) is 16.6 Å². The summed E-state index contributed by atoms with van der Waals surface area (Å²) in [6.07, 6.45) is 0. The smallest absolute Gasteiger partial charge is 0.242 e. The summed E-state index contributed by atoms with van der Waals surface area (Å²) in [5.41, 5.74) is 2.38. The Labute approximate surface area is 136 Å². The zero-order valence-electron chi connectivity index (χ0n) is 13.3. The van der Waals surface area contributed by atoms with Crippen molar-refractivity contribution < 1.29 is 8.42 Å². The van der Waals surface area contributed by atoms with Gasteiger partial charge >= 0.3 is 0 Å². The SMILES string of the molecule is Cc1ccsc1CNC(C)c1ccc(S(=O)(=O)N(C)C)cc1. The van der Waals surface area contributed by atoms with E-state index in [0.717, 1.165) is 12.1 Å². The molecule has 0 bridgehead atoms. The number of nitrogens with one attached hydrogen (secondary N) is 1. The highest BCUT2D eigenvalue weighted by Crippen LogP contribution is 2.20. The largest absolute Gasteiger partial charge is 0.305 e. The van der Waals surface area contributed by atoms with E-state index in [1.165, 1.54) is 28.8 Å². The zero-order valence-corrected chi connectivity index (χ0v) is 15.0. The number of hydrogen-bond donors (Lipinski definition) is 1. The van der Waals surface area contributed by atoms with E-state index in [2.05, 4.69) is 30.6 Å². The molecule has 0 aliphatic carbocycles. The van der Waals surface area contributed by atoms with Crippen molar-refractivity contribution in [2.45, 2.75) is 31.3 Å². The number of sulfonamides is 1. The van der Waals surface area contributed by atoms with E-state index in [0.29, 0.717) is 4.90 Å². The van der Waals surface area contributed by atoms with Gasteiger partial charge in [0.25, 0.3) is 0 Å². The Morgan fingerprint density at radius 2 is 1.82 bits per heavy atom. The van der Waals surface area contributed by atoms with Gasteiger partial charge in [0.1, 0.15) is 0 Å². The Bertz CT molecular complexity index is 719. The molecule has 1 heterocycles. The second-order valence-electron chi connectivity index (χ2n) is 5.49. The molecule has 2 rings (SSSR count). The summed E-state index contributed by atoms with van der Waals surface area (Å²) in [6.45, 7) is 5.01. The third kappa shape index (κ3) is 3.76. The Morgan fingerprint density at radius 1 is 1.18 bits per heavy atom. The highest BCUT2D eigenvalue weighted by Gasteiger charge is 2.17. The standard InChI is InChI=1S/C16H22N2O2S2/c1-12-9-10-21-16(12)11-17-13(2)14-5-7-15(8-6-14)22(19,20)18(3)4/h5-10,13,17H,11H2,1-4H3. The van der Waals surface area contributed by atoms with E-state index < -0.39 is 10.0 Å². The molecular weight excluding hydrogens is 316 g/mol. The number of rotatable bonds is 6. The Balaban J connectivity index is 2.05. The summed E-state index contributed by atoms with van der Waals surface area (Å²) in [5.74, 6) is 0. The fourth-order valence-corrected chi connectivity index (χ4v) is 3.85. The number of thiophene rings is 1. The molecular formula is C16H22N2O2S2. The molecule has 4 nitrogen and oxygen atoms in total. The third-order valence-corrected chi connectivity index (χ3v) is 6.55. The fourth-order valence-electron chi connectivity index (χ4n) is 2.09. The molecule has 0 aliphatic heterocycles. The topological polar surface area (TPSA) is 49.4 Å². The maximum atomic E-state index is 12.0. The Morgan fingerprint density at radius 3 is 2.32 bits per heavy atom. The lowest BCUT2D eigenvalue weighted by atomic mass is 10.1. The molecule has 1 atom stereocenters. The number of hydrogen-bond acceptors (Lipinski definition) is 4. The highest BCUT2D eigenvalue weighted by molar-refractivity contribution is 7.89. The lowest BCUT2D eigenvalue weighted by Gasteiger charge is -2.16. The van der Waals surface area contributed by atoms with Crippen LogP contribution in [0.1, 0.15) is 29.0 Å². The zero-order chi connectivity index (χ0) is 16.3. The summed E-state index contributed by atoms with van der Waals surface area (Å²) >= 11 is 1.75. The second kappa shape index (κ2) is 6.91. The van der Waals surface area contributed by atoms with Gasteiger partial charge in [-0.05, 0) is 48.6 Å². The van der Waals surface area contributed by atoms with Crippen LogP contribution >= 0.6 is 11.3 Å². The minimum Gasteiger partial charge on any atom is -0.305 e. The minimum atomic E-state index is -3.36. The first-order chi connectivity index (χ1) is 10.3. The van der Waals surface area contributed by atoms with Gasteiger partial charge in [0, 0.05) is 31.6 Å². The van der Waals surface area contributed by atoms with Crippen molar-refractivity contribution in [1.82, 2.24) is 9.62 Å². The van der Waals surface area contributed by atoms with Crippen LogP contribution in [0.5, 0.6) is 0 Å². The third-order valence-electron chi connectivity index (χ3n) is 3.70. The fraction of sp³-hybridized carbons (Fsp3) is 0.375.